The van der Waals surface area contributed by atoms with Crippen molar-refractivity contribution in [3.05, 3.63) is 174 Å². The molecule has 1 aliphatic rings. The smallest absolute Gasteiger partial charge is 0.0626 e. The Hall–Kier alpha value is -5.66. The molecule has 0 bridgehead atoms. The number of hydrogen-bond acceptors (Lipinski definition) is 0. The number of nitrogens with zero attached hydrogens (tertiary/aromatic N) is 1. The molecule has 2 heterocycles. The maximum absolute atomic E-state index is 2.49. The van der Waals surface area contributed by atoms with E-state index in [4.69, 9.17) is 0 Å². The summed E-state index contributed by atoms with van der Waals surface area (Å²) < 4.78 is 2.49. The van der Waals surface area contributed by atoms with Gasteiger partial charge in [-0.3, -0.25) is 0 Å². The minimum atomic E-state index is 0.363. The van der Waals surface area contributed by atoms with Gasteiger partial charge in [0.1, 0.15) is 0 Å². The summed E-state index contributed by atoms with van der Waals surface area (Å²) in [6, 6.07) is 58.5. The van der Waals surface area contributed by atoms with E-state index in [1.807, 2.05) is 0 Å². The summed E-state index contributed by atoms with van der Waals surface area (Å²) in [5.74, 6) is 0.363. The summed E-state index contributed by atoms with van der Waals surface area (Å²) in [6.07, 6.45) is 2.11. The highest BCUT2D eigenvalue weighted by Gasteiger charge is 2.31. The average Bonchev–Trinajstić information content (AvgIpc) is 3.76. The van der Waals surface area contributed by atoms with E-state index in [2.05, 4.69) is 162 Å². The minimum Gasteiger partial charge on any atom is -0.308 e. The third-order valence-corrected chi connectivity index (χ3v) is 10.4. The molecule has 216 valence electrons. The molecule has 0 amide bonds. The summed E-state index contributed by atoms with van der Waals surface area (Å²) in [7, 11) is 0. The predicted molar refractivity (Wildman–Crippen MR) is 194 cm³/mol. The summed E-state index contributed by atoms with van der Waals surface area (Å²) in [4.78, 5) is 0. The van der Waals surface area contributed by atoms with Crippen molar-refractivity contribution in [2.45, 2.75) is 18.8 Å². The van der Waals surface area contributed by atoms with Crippen molar-refractivity contribution in [2.75, 3.05) is 0 Å². The molecule has 0 saturated carbocycles. The average molecular weight is 586 g/mol. The Labute approximate surface area is 268 Å². The van der Waals surface area contributed by atoms with Gasteiger partial charge in [-0.1, -0.05) is 146 Å². The van der Waals surface area contributed by atoms with Gasteiger partial charge in [0.05, 0.1) is 16.6 Å². The first-order valence-electron chi connectivity index (χ1n) is 16.4. The highest BCUT2D eigenvalue weighted by molar-refractivity contribution is 6.27. The van der Waals surface area contributed by atoms with Gasteiger partial charge in [0, 0.05) is 27.5 Å². The first-order chi connectivity index (χ1) is 22.8. The van der Waals surface area contributed by atoms with E-state index in [9.17, 15) is 0 Å². The van der Waals surface area contributed by atoms with Crippen molar-refractivity contribution >= 4 is 38.1 Å². The molecule has 0 saturated heterocycles. The van der Waals surface area contributed by atoms with E-state index in [1.165, 1.54) is 88.2 Å². The number of rotatable bonds is 5. The summed E-state index contributed by atoms with van der Waals surface area (Å²) in [5.41, 5.74) is 16.2. The van der Waals surface area contributed by atoms with Crippen LogP contribution in [0.3, 0.4) is 0 Å². The quantitative estimate of drug-likeness (QED) is 0.189. The molecule has 1 unspecified atom stereocenters. The van der Waals surface area contributed by atoms with Gasteiger partial charge in [-0.15, -0.1) is 0 Å². The maximum Gasteiger partial charge on any atom is 0.0626 e. The fraction of sp³-hybridized carbons (Fsp3) is 0.0667. The zero-order valence-electron chi connectivity index (χ0n) is 25.4. The van der Waals surface area contributed by atoms with Crippen LogP contribution in [0.5, 0.6) is 0 Å². The van der Waals surface area contributed by atoms with Gasteiger partial charge in [-0.25, -0.2) is 0 Å². The van der Waals surface area contributed by atoms with Crippen LogP contribution >= 0.6 is 0 Å². The lowest BCUT2D eigenvalue weighted by molar-refractivity contribution is 0.730. The van der Waals surface area contributed by atoms with Crippen molar-refractivity contribution < 1.29 is 0 Å². The van der Waals surface area contributed by atoms with Crippen molar-refractivity contribution in [2.24, 2.45) is 0 Å². The minimum absolute atomic E-state index is 0.363. The van der Waals surface area contributed by atoms with Crippen LogP contribution in [-0.4, -0.2) is 4.40 Å². The molecular weight excluding hydrogens is 555 g/mol. The van der Waals surface area contributed by atoms with Crippen LogP contribution in [0.1, 0.15) is 29.0 Å². The number of aryl methyl sites for hydroxylation is 1. The molecule has 0 N–H and O–H groups in total. The molecule has 0 radical (unpaired) electrons. The number of para-hydroxylation sites is 2. The second-order valence-electron chi connectivity index (χ2n) is 12.8. The lowest BCUT2D eigenvalue weighted by Crippen LogP contribution is -1.99. The molecule has 0 fully saturated rings. The number of benzene rings is 7. The van der Waals surface area contributed by atoms with Crippen molar-refractivity contribution in [1.82, 2.24) is 4.40 Å². The molecular formula is C45H31N. The van der Waals surface area contributed by atoms with Gasteiger partial charge in [0.25, 0.3) is 0 Å². The standard InChI is InChI=1S/C45H31N/c1-2-13-30(14-3-1)31-15-10-12-29(28-31)24-25-33-32-16-4-5-18-35(32)43-36(33)20-11-21-37(43)38-26-27-39-34-17-6-8-22-41(34)46-42-23-9-7-19-40(42)44(38)45(39)46/h1-23,26-28,33H,24-25H2. The lowest BCUT2D eigenvalue weighted by Gasteiger charge is -2.16. The van der Waals surface area contributed by atoms with E-state index in [0.29, 0.717) is 5.92 Å². The van der Waals surface area contributed by atoms with E-state index in [0.717, 1.165) is 12.8 Å². The molecule has 1 heteroatoms. The highest BCUT2D eigenvalue weighted by atomic mass is 14.9. The first kappa shape index (κ1) is 25.6. The summed E-state index contributed by atoms with van der Waals surface area (Å²) in [6.45, 7) is 0. The molecule has 10 rings (SSSR count). The third kappa shape index (κ3) is 3.63. The summed E-state index contributed by atoms with van der Waals surface area (Å²) in [5, 5.41) is 5.33. The lowest BCUT2D eigenvalue weighted by atomic mass is 9.88. The van der Waals surface area contributed by atoms with E-state index >= 15 is 0 Å². The fourth-order valence-electron chi connectivity index (χ4n) is 8.43. The highest BCUT2D eigenvalue weighted by Crippen LogP contribution is 2.52. The van der Waals surface area contributed by atoms with Crippen LogP contribution in [-0.2, 0) is 6.42 Å². The Bertz CT molecular complexity index is 2590. The molecule has 0 aliphatic heterocycles. The molecule has 2 aromatic heterocycles. The SMILES string of the molecule is c1ccc(-c2cccc(CCC3c4ccccc4-c4c(-c5ccc6c7ccccc7n7c8ccccc8c5c67)cccc43)c2)cc1. The largest absolute Gasteiger partial charge is 0.308 e. The van der Waals surface area contributed by atoms with Crippen LogP contribution in [0, 0.1) is 0 Å². The van der Waals surface area contributed by atoms with E-state index < -0.39 is 0 Å². The fourth-order valence-corrected chi connectivity index (χ4v) is 8.43. The van der Waals surface area contributed by atoms with Crippen molar-refractivity contribution in [1.29, 1.82) is 0 Å². The van der Waals surface area contributed by atoms with Gasteiger partial charge >= 0.3 is 0 Å². The molecule has 1 nitrogen and oxygen atoms in total. The van der Waals surface area contributed by atoms with E-state index in [1.54, 1.807) is 0 Å². The Morgan fingerprint density at radius 3 is 2.02 bits per heavy atom. The number of hydrogen-bond donors (Lipinski definition) is 0. The molecule has 1 atom stereocenters. The van der Waals surface area contributed by atoms with Gasteiger partial charge in [-0.2, -0.15) is 0 Å². The third-order valence-electron chi connectivity index (χ3n) is 10.4. The Morgan fingerprint density at radius 2 is 1.13 bits per heavy atom. The van der Waals surface area contributed by atoms with Gasteiger partial charge < -0.3 is 4.40 Å². The first-order valence-corrected chi connectivity index (χ1v) is 16.4. The molecule has 7 aromatic carbocycles. The Morgan fingerprint density at radius 1 is 0.457 bits per heavy atom. The van der Waals surface area contributed by atoms with Gasteiger partial charge in [0.15, 0.2) is 0 Å². The molecule has 46 heavy (non-hydrogen) atoms. The number of fused-ring (bicyclic) bond motifs is 9. The van der Waals surface area contributed by atoms with Gasteiger partial charge in [0.2, 0.25) is 0 Å². The normalized spacial score (nSPS) is 14.0. The van der Waals surface area contributed by atoms with Crippen LogP contribution in [0.25, 0.3) is 71.5 Å². The Balaban J connectivity index is 1.13. The van der Waals surface area contributed by atoms with E-state index in [-0.39, 0.29) is 0 Å². The monoisotopic (exact) mass is 585 g/mol. The predicted octanol–water partition coefficient (Wildman–Crippen LogP) is 11.9. The number of aromatic nitrogens is 1. The Kier molecular flexibility index (Phi) is 5.53. The topological polar surface area (TPSA) is 4.41 Å². The maximum atomic E-state index is 2.49. The molecule has 1 aliphatic carbocycles. The van der Waals surface area contributed by atoms with Crippen LogP contribution in [0.4, 0.5) is 0 Å². The van der Waals surface area contributed by atoms with Crippen molar-refractivity contribution in [3.63, 3.8) is 0 Å². The molecule has 9 aromatic rings. The zero-order valence-corrected chi connectivity index (χ0v) is 25.4. The summed E-state index contributed by atoms with van der Waals surface area (Å²) >= 11 is 0. The molecule has 0 spiro atoms. The zero-order chi connectivity index (χ0) is 30.2. The second kappa shape index (κ2) is 9.92. The van der Waals surface area contributed by atoms with Gasteiger partial charge in [-0.05, 0) is 75.0 Å². The van der Waals surface area contributed by atoms with Crippen molar-refractivity contribution in [3.8, 4) is 33.4 Å². The van der Waals surface area contributed by atoms with Crippen LogP contribution in [0.15, 0.2) is 158 Å². The van der Waals surface area contributed by atoms with Crippen LogP contribution in [0.2, 0.25) is 0 Å². The van der Waals surface area contributed by atoms with Crippen LogP contribution < -0.4 is 0 Å². The second-order valence-corrected chi connectivity index (χ2v) is 12.8.